The van der Waals surface area contributed by atoms with Crippen molar-refractivity contribution in [1.82, 2.24) is 0 Å². The fraction of sp³-hybridized carbons (Fsp3) is 0.133. The lowest BCUT2D eigenvalue weighted by Crippen LogP contribution is -2.02. The zero-order chi connectivity index (χ0) is 13.8. The Balaban J connectivity index is 2.19. The van der Waals surface area contributed by atoms with Crippen molar-refractivity contribution < 1.29 is 9.13 Å². The van der Waals surface area contributed by atoms with Crippen LogP contribution in [0.1, 0.15) is 16.7 Å². The highest BCUT2D eigenvalue weighted by molar-refractivity contribution is 5.44. The summed E-state index contributed by atoms with van der Waals surface area (Å²) in [5, 5.41) is 8.84. The molecular weight excluding hydrogens is 243 g/mol. The van der Waals surface area contributed by atoms with Gasteiger partial charge in [-0.1, -0.05) is 18.2 Å². The Morgan fingerprint density at radius 2 is 2.11 bits per heavy atom. The van der Waals surface area contributed by atoms with Crippen LogP contribution in [0.4, 0.5) is 10.1 Å². The van der Waals surface area contributed by atoms with Gasteiger partial charge in [-0.05, 0) is 30.7 Å². The number of halogens is 1. The first kappa shape index (κ1) is 12.9. The lowest BCUT2D eigenvalue weighted by molar-refractivity contribution is 0.298. The minimum absolute atomic E-state index is 0.0760. The number of nitrogen functional groups attached to an aromatic ring is 1. The molecule has 2 aromatic rings. The van der Waals surface area contributed by atoms with E-state index in [2.05, 4.69) is 0 Å². The highest BCUT2D eigenvalue weighted by Crippen LogP contribution is 2.22. The van der Waals surface area contributed by atoms with Gasteiger partial charge in [0.1, 0.15) is 12.4 Å². The maximum atomic E-state index is 13.7. The SMILES string of the molecule is Cc1ccc(C#N)cc1OCc1cccc(N)c1F. The molecule has 2 aromatic carbocycles. The average molecular weight is 256 g/mol. The first-order chi connectivity index (χ1) is 9.11. The van der Waals surface area contributed by atoms with E-state index in [4.69, 9.17) is 15.7 Å². The molecule has 0 heterocycles. The third-order valence-corrected chi connectivity index (χ3v) is 2.81. The van der Waals surface area contributed by atoms with E-state index in [1.807, 2.05) is 13.0 Å². The van der Waals surface area contributed by atoms with E-state index >= 15 is 0 Å². The van der Waals surface area contributed by atoms with Crippen LogP contribution in [0.15, 0.2) is 36.4 Å². The molecule has 0 aliphatic heterocycles. The zero-order valence-electron chi connectivity index (χ0n) is 10.5. The molecule has 0 aromatic heterocycles. The molecule has 2 rings (SSSR count). The molecule has 0 atom stereocenters. The molecule has 0 saturated carbocycles. The van der Waals surface area contributed by atoms with E-state index < -0.39 is 5.82 Å². The number of rotatable bonds is 3. The highest BCUT2D eigenvalue weighted by Gasteiger charge is 2.07. The molecule has 3 nitrogen and oxygen atoms in total. The number of hydrogen-bond acceptors (Lipinski definition) is 3. The lowest BCUT2D eigenvalue weighted by atomic mass is 10.1. The largest absolute Gasteiger partial charge is 0.488 e. The van der Waals surface area contributed by atoms with Crippen LogP contribution in [-0.2, 0) is 6.61 Å². The van der Waals surface area contributed by atoms with Crippen molar-refractivity contribution in [3.05, 3.63) is 58.9 Å². The van der Waals surface area contributed by atoms with Crippen LogP contribution in [0, 0.1) is 24.1 Å². The normalized spacial score (nSPS) is 9.95. The molecule has 96 valence electrons. The predicted molar refractivity (Wildman–Crippen MR) is 71.0 cm³/mol. The number of anilines is 1. The lowest BCUT2D eigenvalue weighted by Gasteiger charge is -2.10. The standard InChI is InChI=1S/C15H13FN2O/c1-10-5-6-11(8-17)7-14(10)19-9-12-3-2-4-13(18)15(12)16/h2-7H,9,18H2,1H3. The fourth-order valence-electron chi connectivity index (χ4n) is 1.69. The first-order valence-corrected chi connectivity index (χ1v) is 5.78. The van der Waals surface area contributed by atoms with E-state index in [9.17, 15) is 4.39 Å². The Bertz CT molecular complexity index is 647. The van der Waals surface area contributed by atoms with E-state index in [0.717, 1.165) is 5.56 Å². The molecule has 0 amide bonds. The monoisotopic (exact) mass is 256 g/mol. The van der Waals surface area contributed by atoms with Crippen LogP contribution in [0.2, 0.25) is 0 Å². The van der Waals surface area contributed by atoms with Crippen molar-refractivity contribution in [1.29, 1.82) is 5.26 Å². The van der Waals surface area contributed by atoms with Gasteiger partial charge in [-0.2, -0.15) is 5.26 Å². The van der Waals surface area contributed by atoms with Crippen LogP contribution in [0.3, 0.4) is 0 Å². The van der Waals surface area contributed by atoms with Crippen LogP contribution in [-0.4, -0.2) is 0 Å². The van der Waals surface area contributed by atoms with Crippen molar-refractivity contribution >= 4 is 5.69 Å². The molecule has 0 saturated heterocycles. The Morgan fingerprint density at radius 3 is 2.84 bits per heavy atom. The summed E-state index contributed by atoms with van der Waals surface area (Å²) in [6, 6.07) is 12.0. The average Bonchev–Trinajstić information content (AvgIpc) is 2.42. The van der Waals surface area contributed by atoms with E-state index in [1.54, 1.807) is 30.3 Å². The molecule has 19 heavy (non-hydrogen) atoms. The van der Waals surface area contributed by atoms with Gasteiger partial charge in [0.05, 0.1) is 17.3 Å². The highest BCUT2D eigenvalue weighted by atomic mass is 19.1. The molecule has 0 fully saturated rings. The van der Waals surface area contributed by atoms with Crippen LogP contribution >= 0.6 is 0 Å². The number of nitrogens with two attached hydrogens (primary N) is 1. The van der Waals surface area contributed by atoms with Crippen molar-refractivity contribution in [3.63, 3.8) is 0 Å². The van der Waals surface area contributed by atoms with Gasteiger partial charge in [0.2, 0.25) is 0 Å². The molecule has 0 aliphatic rings. The van der Waals surface area contributed by atoms with Gasteiger partial charge in [-0.3, -0.25) is 0 Å². The Kier molecular flexibility index (Phi) is 3.67. The minimum atomic E-state index is -0.461. The van der Waals surface area contributed by atoms with Gasteiger partial charge in [0, 0.05) is 5.56 Å². The van der Waals surface area contributed by atoms with Crippen LogP contribution < -0.4 is 10.5 Å². The molecule has 2 N–H and O–H groups in total. The smallest absolute Gasteiger partial charge is 0.152 e. The summed E-state index contributed by atoms with van der Waals surface area (Å²) in [4.78, 5) is 0. The van der Waals surface area contributed by atoms with Crippen molar-refractivity contribution in [2.45, 2.75) is 13.5 Å². The maximum Gasteiger partial charge on any atom is 0.152 e. The second-order valence-corrected chi connectivity index (χ2v) is 4.20. The van der Waals surface area contributed by atoms with Crippen LogP contribution in [0.25, 0.3) is 0 Å². The van der Waals surface area contributed by atoms with Gasteiger partial charge in [-0.15, -0.1) is 0 Å². The molecule has 0 radical (unpaired) electrons. The summed E-state index contributed by atoms with van der Waals surface area (Å²) in [6.07, 6.45) is 0. The number of nitrogens with zero attached hydrogens (tertiary/aromatic N) is 1. The van der Waals surface area contributed by atoms with Crippen molar-refractivity contribution in [2.24, 2.45) is 0 Å². The van der Waals surface area contributed by atoms with Gasteiger partial charge in [0.25, 0.3) is 0 Å². The van der Waals surface area contributed by atoms with Gasteiger partial charge >= 0.3 is 0 Å². The quantitative estimate of drug-likeness (QED) is 0.858. The summed E-state index contributed by atoms with van der Waals surface area (Å²) in [6.45, 7) is 1.94. The van der Waals surface area contributed by atoms with Gasteiger partial charge < -0.3 is 10.5 Å². The predicted octanol–water partition coefficient (Wildman–Crippen LogP) is 3.17. The second-order valence-electron chi connectivity index (χ2n) is 4.20. The molecule has 0 bridgehead atoms. The van der Waals surface area contributed by atoms with Crippen LogP contribution in [0.5, 0.6) is 5.75 Å². The third kappa shape index (κ3) is 2.83. The fourth-order valence-corrected chi connectivity index (χ4v) is 1.69. The summed E-state index contributed by atoms with van der Waals surface area (Å²) in [5.41, 5.74) is 7.38. The minimum Gasteiger partial charge on any atom is -0.488 e. The Hall–Kier alpha value is -2.54. The molecule has 0 aliphatic carbocycles. The number of aryl methyl sites for hydroxylation is 1. The second kappa shape index (κ2) is 5.40. The molecule has 0 spiro atoms. The third-order valence-electron chi connectivity index (χ3n) is 2.81. The summed E-state index contributed by atoms with van der Waals surface area (Å²) >= 11 is 0. The number of benzene rings is 2. The number of ether oxygens (including phenoxy) is 1. The summed E-state index contributed by atoms with van der Waals surface area (Å²) < 4.78 is 19.2. The van der Waals surface area contributed by atoms with Gasteiger partial charge in [-0.25, -0.2) is 4.39 Å². The summed E-state index contributed by atoms with van der Waals surface area (Å²) in [7, 11) is 0. The van der Waals surface area contributed by atoms with Crippen molar-refractivity contribution in [3.8, 4) is 11.8 Å². The van der Waals surface area contributed by atoms with E-state index in [0.29, 0.717) is 16.9 Å². The molecule has 0 unspecified atom stereocenters. The summed E-state index contributed by atoms with van der Waals surface area (Å²) in [5.74, 6) is 0.109. The zero-order valence-corrected chi connectivity index (χ0v) is 10.5. The van der Waals surface area contributed by atoms with E-state index in [-0.39, 0.29) is 12.3 Å². The maximum absolute atomic E-state index is 13.7. The van der Waals surface area contributed by atoms with Crippen molar-refractivity contribution in [2.75, 3.05) is 5.73 Å². The molecule has 4 heteroatoms. The number of nitriles is 1. The van der Waals surface area contributed by atoms with E-state index in [1.165, 1.54) is 6.07 Å². The topological polar surface area (TPSA) is 59.0 Å². The number of hydrogen-bond donors (Lipinski definition) is 1. The Morgan fingerprint density at radius 1 is 1.32 bits per heavy atom. The first-order valence-electron chi connectivity index (χ1n) is 5.78. The molecular formula is C15H13FN2O. The Labute approximate surface area is 111 Å². The van der Waals surface area contributed by atoms with Gasteiger partial charge in [0.15, 0.2) is 5.82 Å².